The third-order valence-electron chi connectivity index (χ3n) is 4.21. The van der Waals surface area contributed by atoms with E-state index in [0.717, 1.165) is 22.6 Å². The minimum atomic E-state index is 0. The highest BCUT2D eigenvalue weighted by molar-refractivity contribution is 7.58. The normalized spacial score (nSPS) is 11.1. The molecule has 0 aliphatic rings. The first-order valence-electron chi connectivity index (χ1n) is 8.68. The molecule has 0 aromatic carbocycles. The van der Waals surface area contributed by atoms with Gasteiger partial charge in [0, 0.05) is 23.7 Å². The number of nitrogens with zero attached hydrogens (tertiary/aromatic N) is 1. The van der Waals surface area contributed by atoms with Crippen LogP contribution in [0.4, 0.5) is 0 Å². The molecule has 0 saturated heterocycles. The molecule has 1 nitrogen and oxygen atoms in total. The molecule has 0 spiro atoms. The molecule has 150 valence electrons. The Morgan fingerprint density at radius 1 is 0.640 bits per heavy atom. The second kappa shape index (κ2) is 14.1. The van der Waals surface area contributed by atoms with Gasteiger partial charge >= 0.3 is 0 Å². The average Bonchev–Trinajstić information content (AvgIpc) is 2.41. The SMILES string of the molecule is C.C.C.CC(C)P(Cc1cccc(CP(C(C)C)C(C)C)n1)C(C)C. The summed E-state index contributed by atoms with van der Waals surface area (Å²) in [6.45, 7) is 18.9. The van der Waals surface area contributed by atoms with Crippen molar-refractivity contribution in [3.05, 3.63) is 29.6 Å². The van der Waals surface area contributed by atoms with Crippen molar-refractivity contribution in [2.24, 2.45) is 0 Å². The lowest BCUT2D eigenvalue weighted by atomic mass is 10.3. The van der Waals surface area contributed by atoms with Gasteiger partial charge in [-0.15, -0.1) is 0 Å². The van der Waals surface area contributed by atoms with E-state index >= 15 is 0 Å². The van der Waals surface area contributed by atoms with Gasteiger partial charge in [-0.2, -0.15) is 0 Å². The van der Waals surface area contributed by atoms with Crippen molar-refractivity contribution in [2.45, 2.75) is 113 Å². The summed E-state index contributed by atoms with van der Waals surface area (Å²) in [4.78, 5) is 5.01. The molecule has 0 aliphatic heterocycles. The molecule has 0 radical (unpaired) electrons. The summed E-state index contributed by atoms with van der Waals surface area (Å²) in [6.07, 6.45) is 2.36. The van der Waals surface area contributed by atoms with Gasteiger partial charge in [0.2, 0.25) is 0 Å². The van der Waals surface area contributed by atoms with Gasteiger partial charge < -0.3 is 0 Å². The lowest BCUT2D eigenvalue weighted by molar-refractivity contribution is 0.967. The maximum Gasteiger partial charge on any atom is 0.0450 e. The Labute approximate surface area is 163 Å². The first-order valence-corrected chi connectivity index (χ1v) is 12.0. The molecule has 25 heavy (non-hydrogen) atoms. The van der Waals surface area contributed by atoms with Gasteiger partial charge in [0.1, 0.15) is 0 Å². The van der Waals surface area contributed by atoms with Gasteiger partial charge in [0.05, 0.1) is 0 Å². The number of aromatic nitrogens is 1. The van der Waals surface area contributed by atoms with Crippen molar-refractivity contribution < 1.29 is 0 Å². The van der Waals surface area contributed by atoms with Gasteiger partial charge in [-0.25, -0.2) is 0 Å². The Morgan fingerprint density at radius 3 is 1.16 bits per heavy atom. The Balaban J connectivity index is -0.00000161. The molecular weight excluding hydrogens is 340 g/mol. The molecule has 1 aromatic rings. The summed E-state index contributed by atoms with van der Waals surface area (Å²) in [5, 5.41) is 0. The van der Waals surface area contributed by atoms with E-state index in [1.54, 1.807) is 0 Å². The van der Waals surface area contributed by atoms with E-state index in [-0.39, 0.29) is 38.1 Å². The van der Waals surface area contributed by atoms with E-state index in [4.69, 9.17) is 4.98 Å². The molecule has 0 unspecified atom stereocenters. The zero-order valence-electron chi connectivity index (χ0n) is 15.8. The summed E-state index contributed by atoms with van der Waals surface area (Å²) in [7, 11) is 0.0605. The van der Waals surface area contributed by atoms with Gasteiger partial charge in [0.25, 0.3) is 0 Å². The van der Waals surface area contributed by atoms with E-state index in [2.05, 4.69) is 73.6 Å². The van der Waals surface area contributed by atoms with Crippen molar-refractivity contribution >= 4 is 15.8 Å². The summed E-state index contributed by atoms with van der Waals surface area (Å²) < 4.78 is 0. The molecule has 3 heteroatoms. The number of hydrogen-bond donors (Lipinski definition) is 0. The largest absolute Gasteiger partial charge is 0.257 e. The molecule has 0 N–H and O–H groups in total. The molecule has 0 atom stereocenters. The predicted molar refractivity (Wildman–Crippen MR) is 126 cm³/mol. The van der Waals surface area contributed by atoms with Crippen LogP contribution in [0, 0.1) is 0 Å². The fraction of sp³-hybridized carbons (Fsp3) is 0.773. The van der Waals surface area contributed by atoms with Gasteiger partial charge in [0.15, 0.2) is 0 Å². The molecule has 0 bridgehead atoms. The Bertz CT molecular complexity index is 388. The van der Waals surface area contributed by atoms with E-state index in [1.807, 2.05) is 0 Å². The lowest BCUT2D eigenvalue weighted by Gasteiger charge is -2.27. The van der Waals surface area contributed by atoms with Crippen LogP contribution in [-0.4, -0.2) is 27.6 Å². The lowest BCUT2D eigenvalue weighted by Crippen LogP contribution is -2.08. The third kappa shape index (κ3) is 10.1. The molecule has 0 fully saturated rings. The predicted octanol–water partition coefficient (Wildman–Crippen LogP) is 8.59. The molecule has 1 heterocycles. The van der Waals surface area contributed by atoms with Crippen molar-refractivity contribution in [1.29, 1.82) is 0 Å². The van der Waals surface area contributed by atoms with E-state index in [1.165, 1.54) is 23.7 Å². The van der Waals surface area contributed by atoms with Gasteiger partial charge in [-0.1, -0.05) is 99.6 Å². The van der Waals surface area contributed by atoms with Crippen LogP contribution in [0.1, 0.15) is 89.1 Å². The third-order valence-corrected chi connectivity index (χ3v) is 10.9. The molecule has 0 aliphatic carbocycles. The highest BCUT2D eigenvalue weighted by Gasteiger charge is 2.20. The highest BCUT2D eigenvalue weighted by Crippen LogP contribution is 2.50. The maximum atomic E-state index is 5.01. The minimum absolute atomic E-state index is 0. The van der Waals surface area contributed by atoms with E-state index in [9.17, 15) is 0 Å². The van der Waals surface area contributed by atoms with Crippen molar-refractivity contribution in [1.82, 2.24) is 4.98 Å². The molecule has 0 saturated carbocycles. The Hall–Kier alpha value is 0.01000. The summed E-state index contributed by atoms with van der Waals surface area (Å²) in [6, 6.07) is 6.69. The van der Waals surface area contributed by atoms with Gasteiger partial charge in [-0.05, 0) is 34.8 Å². The summed E-state index contributed by atoms with van der Waals surface area (Å²) in [5.41, 5.74) is 5.75. The Kier molecular flexibility index (Phi) is 16.8. The fourth-order valence-electron chi connectivity index (χ4n) is 3.00. The zero-order chi connectivity index (χ0) is 16.9. The van der Waals surface area contributed by atoms with Crippen molar-refractivity contribution in [2.75, 3.05) is 0 Å². The van der Waals surface area contributed by atoms with Crippen LogP contribution in [0.15, 0.2) is 18.2 Å². The average molecular weight is 388 g/mol. The van der Waals surface area contributed by atoms with E-state index < -0.39 is 0 Å². The van der Waals surface area contributed by atoms with Gasteiger partial charge in [-0.3, -0.25) is 4.98 Å². The van der Waals surface area contributed by atoms with Crippen molar-refractivity contribution in [3.8, 4) is 0 Å². The minimum Gasteiger partial charge on any atom is -0.257 e. The second-order valence-electron chi connectivity index (χ2n) is 7.34. The first-order chi connectivity index (χ1) is 10.2. The van der Waals surface area contributed by atoms with Crippen LogP contribution >= 0.6 is 15.8 Å². The summed E-state index contributed by atoms with van der Waals surface area (Å²) in [5.74, 6) is 0. The van der Waals surface area contributed by atoms with Crippen LogP contribution in [0.25, 0.3) is 0 Å². The molecule has 1 rings (SSSR count). The number of hydrogen-bond acceptors (Lipinski definition) is 1. The standard InChI is InChI=1S/C19H35NP2.3CH4/c1-14(2)21(15(3)4)12-18-10-9-11-19(20-18)13-22(16(5)6)17(7)8;;;/h9-11,14-17H,12-13H2,1-8H3;3*1H4. The molecule has 1 aromatic heterocycles. The number of pyridine rings is 1. The van der Waals surface area contributed by atoms with Crippen molar-refractivity contribution in [3.63, 3.8) is 0 Å². The monoisotopic (exact) mass is 387 g/mol. The number of rotatable bonds is 8. The van der Waals surface area contributed by atoms with Crippen LogP contribution in [0.5, 0.6) is 0 Å². The van der Waals surface area contributed by atoms with Crippen LogP contribution in [-0.2, 0) is 12.3 Å². The Morgan fingerprint density at radius 2 is 0.920 bits per heavy atom. The van der Waals surface area contributed by atoms with E-state index in [0.29, 0.717) is 0 Å². The zero-order valence-corrected chi connectivity index (χ0v) is 17.6. The quantitative estimate of drug-likeness (QED) is 0.407. The highest BCUT2D eigenvalue weighted by atomic mass is 31.1. The molecule has 0 amide bonds. The first kappa shape index (κ1) is 29.8. The fourth-order valence-corrected chi connectivity index (χ4v) is 7.95. The van der Waals surface area contributed by atoms with Crippen LogP contribution in [0.3, 0.4) is 0 Å². The maximum absolute atomic E-state index is 5.01. The van der Waals surface area contributed by atoms with Crippen LogP contribution < -0.4 is 0 Å². The summed E-state index contributed by atoms with van der Waals surface area (Å²) >= 11 is 0. The molecular formula is C22H47NP2. The topological polar surface area (TPSA) is 12.9 Å². The smallest absolute Gasteiger partial charge is 0.0450 e. The van der Waals surface area contributed by atoms with Crippen LogP contribution in [0.2, 0.25) is 0 Å². The second-order valence-corrected chi connectivity index (χ2v) is 14.2.